The van der Waals surface area contributed by atoms with Gasteiger partial charge in [0.1, 0.15) is 11.3 Å². The highest BCUT2D eigenvalue weighted by Crippen LogP contribution is 2.37. The summed E-state index contributed by atoms with van der Waals surface area (Å²) in [5.41, 5.74) is -2.08. The minimum Gasteiger partial charge on any atom is -0.493 e. The van der Waals surface area contributed by atoms with Gasteiger partial charge in [-0.05, 0) is 36.2 Å². The van der Waals surface area contributed by atoms with Crippen molar-refractivity contribution in [2.45, 2.75) is 25.3 Å². The summed E-state index contributed by atoms with van der Waals surface area (Å²) >= 11 is 0. The molecule has 1 aliphatic rings. The fraction of sp³-hybridized carbons (Fsp3) is 0.250. The van der Waals surface area contributed by atoms with E-state index in [1.807, 2.05) is 0 Å². The minimum absolute atomic E-state index is 0.0688. The molecular weight excluding hydrogens is 462 g/mol. The molecule has 178 valence electrons. The Morgan fingerprint density at radius 2 is 1.56 bits per heavy atom. The summed E-state index contributed by atoms with van der Waals surface area (Å²) < 4.78 is 85.4. The average molecular weight is 480 g/mol. The van der Waals surface area contributed by atoms with Crippen LogP contribution in [0.25, 0.3) is 11.3 Å². The van der Waals surface area contributed by atoms with Crippen molar-refractivity contribution in [3.05, 3.63) is 83.0 Å². The third kappa shape index (κ3) is 5.00. The van der Waals surface area contributed by atoms with E-state index in [0.717, 1.165) is 0 Å². The molecule has 0 fully saturated rings. The van der Waals surface area contributed by atoms with Gasteiger partial charge in [-0.3, -0.25) is 9.78 Å². The first-order valence-corrected chi connectivity index (χ1v) is 10.3. The van der Waals surface area contributed by atoms with Crippen LogP contribution in [0, 0.1) is 0 Å². The molecule has 0 aliphatic carbocycles. The Bertz CT molecular complexity index is 1160. The molecule has 0 spiro atoms. The van der Waals surface area contributed by atoms with Gasteiger partial charge in [-0.25, -0.2) is 0 Å². The fourth-order valence-electron chi connectivity index (χ4n) is 3.76. The van der Waals surface area contributed by atoms with Crippen LogP contribution in [0.5, 0.6) is 5.75 Å². The summed E-state index contributed by atoms with van der Waals surface area (Å²) in [6.07, 6.45) is -8.12. The fourth-order valence-corrected chi connectivity index (χ4v) is 3.76. The molecule has 34 heavy (non-hydrogen) atoms. The molecule has 3 aromatic rings. The van der Waals surface area contributed by atoms with Crippen LogP contribution in [0.15, 0.2) is 60.8 Å². The van der Waals surface area contributed by atoms with E-state index in [2.05, 4.69) is 4.98 Å². The molecule has 0 saturated carbocycles. The first-order chi connectivity index (χ1) is 16.0. The van der Waals surface area contributed by atoms with Gasteiger partial charge in [-0.2, -0.15) is 26.3 Å². The van der Waals surface area contributed by atoms with Gasteiger partial charge in [0, 0.05) is 24.8 Å². The molecule has 1 amide bonds. The lowest BCUT2D eigenvalue weighted by Gasteiger charge is -2.28. The number of amides is 1. The van der Waals surface area contributed by atoms with Crippen LogP contribution in [0.3, 0.4) is 0 Å². The molecular formula is C24H18F6N2O2. The molecule has 1 aromatic heterocycles. The summed E-state index contributed by atoms with van der Waals surface area (Å²) in [6, 6.07) is 11.6. The Kier molecular flexibility index (Phi) is 6.24. The maximum atomic E-state index is 13.5. The maximum Gasteiger partial charge on any atom is 0.416 e. The van der Waals surface area contributed by atoms with Crippen molar-refractivity contribution in [1.82, 2.24) is 9.88 Å². The Hall–Kier alpha value is -3.56. The van der Waals surface area contributed by atoms with Crippen molar-refractivity contribution in [2.24, 2.45) is 0 Å². The number of fused-ring (bicyclic) bond motifs is 1. The van der Waals surface area contributed by atoms with Crippen LogP contribution in [0.1, 0.15) is 33.5 Å². The number of benzene rings is 2. The zero-order valence-corrected chi connectivity index (χ0v) is 17.6. The van der Waals surface area contributed by atoms with Crippen molar-refractivity contribution in [2.75, 3.05) is 13.2 Å². The number of hydrogen-bond donors (Lipinski definition) is 0. The normalized spacial score (nSPS) is 14.8. The Morgan fingerprint density at radius 3 is 2.18 bits per heavy atom. The number of nitrogens with zero attached hydrogens (tertiary/aromatic N) is 2. The van der Waals surface area contributed by atoms with Gasteiger partial charge >= 0.3 is 12.4 Å². The van der Waals surface area contributed by atoms with E-state index >= 15 is 0 Å². The molecule has 0 bridgehead atoms. The summed E-state index contributed by atoms with van der Waals surface area (Å²) in [6.45, 7) is -0.140. The van der Waals surface area contributed by atoms with Gasteiger partial charge in [0.15, 0.2) is 0 Å². The van der Waals surface area contributed by atoms with Gasteiger partial charge in [-0.15, -0.1) is 0 Å². The first-order valence-electron chi connectivity index (χ1n) is 10.3. The zero-order chi connectivity index (χ0) is 24.5. The predicted molar refractivity (Wildman–Crippen MR) is 111 cm³/mol. The Labute approximate surface area is 190 Å². The third-order valence-electron chi connectivity index (χ3n) is 5.31. The van der Waals surface area contributed by atoms with Crippen molar-refractivity contribution in [3.8, 4) is 17.0 Å². The van der Waals surface area contributed by atoms with E-state index in [-0.39, 0.29) is 36.1 Å². The van der Waals surface area contributed by atoms with Gasteiger partial charge in [0.2, 0.25) is 0 Å². The molecule has 10 heteroatoms. The number of ether oxygens (including phenoxy) is 1. The second kappa shape index (κ2) is 9.00. The SMILES string of the molecule is O=C1c2c(ccnc2-c2ccccc2)OCCCN1Cc1cc(C(F)(F)F)cc(C(F)(F)F)c1. The zero-order valence-electron chi connectivity index (χ0n) is 17.6. The van der Waals surface area contributed by atoms with Crippen LogP contribution in [-0.2, 0) is 18.9 Å². The minimum atomic E-state index is -4.97. The quantitative estimate of drug-likeness (QED) is 0.419. The molecule has 0 radical (unpaired) electrons. The molecule has 1 aliphatic heterocycles. The van der Waals surface area contributed by atoms with Crippen molar-refractivity contribution < 1.29 is 35.9 Å². The summed E-state index contributed by atoms with van der Waals surface area (Å²) in [5, 5.41) is 0. The van der Waals surface area contributed by atoms with E-state index < -0.39 is 35.9 Å². The molecule has 0 atom stereocenters. The molecule has 4 rings (SSSR count). The number of pyridine rings is 1. The lowest BCUT2D eigenvalue weighted by atomic mass is 10.0. The second-order valence-electron chi connectivity index (χ2n) is 7.74. The molecule has 2 aromatic carbocycles. The number of aromatic nitrogens is 1. The largest absolute Gasteiger partial charge is 0.493 e. The topological polar surface area (TPSA) is 42.4 Å². The number of carbonyl (C=O) groups excluding carboxylic acids is 1. The van der Waals surface area contributed by atoms with E-state index in [1.54, 1.807) is 30.3 Å². The van der Waals surface area contributed by atoms with Crippen molar-refractivity contribution in [3.63, 3.8) is 0 Å². The average Bonchev–Trinajstić information content (AvgIpc) is 2.78. The van der Waals surface area contributed by atoms with E-state index in [9.17, 15) is 31.1 Å². The highest BCUT2D eigenvalue weighted by Gasteiger charge is 2.37. The molecule has 0 N–H and O–H groups in total. The highest BCUT2D eigenvalue weighted by molar-refractivity contribution is 6.02. The second-order valence-corrected chi connectivity index (χ2v) is 7.74. The molecule has 4 nitrogen and oxygen atoms in total. The van der Waals surface area contributed by atoms with Crippen LogP contribution in [0.4, 0.5) is 26.3 Å². The third-order valence-corrected chi connectivity index (χ3v) is 5.31. The van der Waals surface area contributed by atoms with Crippen LogP contribution in [0.2, 0.25) is 0 Å². The number of halogens is 6. The lowest BCUT2D eigenvalue weighted by Crippen LogP contribution is -2.35. The predicted octanol–water partition coefficient (Wildman–Crippen LogP) is 6.21. The number of hydrogen-bond acceptors (Lipinski definition) is 3. The van der Waals surface area contributed by atoms with Crippen LogP contribution in [-0.4, -0.2) is 28.9 Å². The number of carbonyl (C=O) groups is 1. The van der Waals surface area contributed by atoms with Gasteiger partial charge < -0.3 is 9.64 Å². The van der Waals surface area contributed by atoms with Crippen LogP contribution >= 0.6 is 0 Å². The summed E-state index contributed by atoms with van der Waals surface area (Å²) in [4.78, 5) is 19.0. The van der Waals surface area contributed by atoms with Crippen molar-refractivity contribution in [1.29, 1.82) is 0 Å². The Balaban J connectivity index is 1.76. The monoisotopic (exact) mass is 480 g/mol. The smallest absolute Gasteiger partial charge is 0.416 e. The standard InChI is InChI=1S/C24H18F6N2O2/c25-23(26,27)17-11-15(12-18(13-17)24(28,29)30)14-32-9-4-10-34-19-7-8-31-21(20(19)22(32)33)16-5-2-1-3-6-16/h1-3,5-8,11-13H,4,9-10,14H2. The van der Waals surface area contributed by atoms with Crippen molar-refractivity contribution >= 4 is 5.91 Å². The Morgan fingerprint density at radius 1 is 0.912 bits per heavy atom. The molecule has 0 saturated heterocycles. The number of alkyl halides is 6. The van der Waals surface area contributed by atoms with Gasteiger partial charge in [0.05, 0.1) is 23.4 Å². The molecule has 2 heterocycles. The maximum absolute atomic E-state index is 13.5. The lowest BCUT2D eigenvalue weighted by molar-refractivity contribution is -0.143. The van der Waals surface area contributed by atoms with Crippen LogP contribution < -0.4 is 4.74 Å². The number of rotatable bonds is 3. The summed E-state index contributed by atoms with van der Waals surface area (Å²) in [7, 11) is 0. The van der Waals surface area contributed by atoms with Gasteiger partial charge in [0.25, 0.3) is 5.91 Å². The van der Waals surface area contributed by atoms with Gasteiger partial charge in [-0.1, -0.05) is 30.3 Å². The molecule has 0 unspecified atom stereocenters. The van der Waals surface area contributed by atoms with E-state index in [0.29, 0.717) is 29.8 Å². The van der Waals surface area contributed by atoms with E-state index in [1.165, 1.54) is 17.2 Å². The highest BCUT2D eigenvalue weighted by atomic mass is 19.4. The summed E-state index contributed by atoms with van der Waals surface area (Å²) in [5.74, 6) is -0.337. The van der Waals surface area contributed by atoms with E-state index in [4.69, 9.17) is 4.74 Å². The first kappa shape index (κ1) is 23.6.